The zero-order chi connectivity index (χ0) is 22.7. The molecule has 0 aliphatic rings. The lowest BCUT2D eigenvalue weighted by Gasteiger charge is -2.08. The minimum absolute atomic E-state index is 0.184. The summed E-state index contributed by atoms with van der Waals surface area (Å²) in [7, 11) is 0. The summed E-state index contributed by atoms with van der Waals surface area (Å²) in [6.45, 7) is 6.62. The van der Waals surface area contributed by atoms with Gasteiger partial charge in [0, 0.05) is 10.7 Å². The van der Waals surface area contributed by atoms with Gasteiger partial charge in [0.25, 0.3) is 5.91 Å². The summed E-state index contributed by atoms with van der Waals surface area (Å²) in [6.07, 6.45) is 3.38. The maximum Gasteiger partial charge on any atom is 0.278 e. The summed E-state index contributed by atoms with van der Waals surface area (Å²) in [5.74, 6) is 0.905. The van der Waals surface area contributed by atoms with E-state index in [1.54, 1.807) is 24.0 Å². The van der Waals surface area contributed by atoms with E-state index in [-0.39, 0.29) is 18.2 Å². The van der Waals surface area contributed by atoms with Crippen molar-refractivity contribution in [2.24, 2.45) is 0 Å². The predicted octanol–water partition coefficient (Wildman–Crippen LogP) is 5.44. The van der Waals surface area contributed by atoms with Crippen molar-refractivity contribution in [2.45, 2.75) is 33.9 Å². The number of aromatic nitrogens is 3. The first-order valence-corrected chi connectivity index (χ1v) is 10.9. The van der Waals surface area contributed by atoms with Gasteiger partial charge in [0.15, 0.2) is 5.69 Å². The van der Waals surface area contributed by atoms with Crippen molar-refractivity contribution in [1.29, 1.82) is 0 Å². The summed E-state index contributed by atoms with van der Waals surface area (Å²) in [4.78, 5) is 12.8. The number of anilines is 1. The molecule has 164 valence electrons. The fraction of sp³-hybridized carbons (Fsp3) is 0.208. The molecular weight excluding hydrogens is 472 g/mol. The van der Waals surface area contributed by atoms with E-state index in [9.17, 15) is 4.79 Å². The molecule has 4 rings (SSSR count). The van der Waals surface area contributed by atoms with Crippen molar-refractivity contribution in [2.75, 3.05) is 5.32 Å². The topological polar surface area (TPSA) is 82.2 Å². The van der Waals surface area contributed by atoms with Crippen LogP contribution in [0.1, 0.15) is 38.5 Å². The molecule has 0 spiro atoms. The molecule has 1 amide bonds. The number of hydrogen-bond donors (Lipinski definition) is 1. The minimum atomic E-state index is -0.372. The van der Waals surface area contributed by atoms with Crippen molar-refractivity contribution in [3.63, 3.8) is 0 Å². The molecule has 2 aromatic heterocycles. The number of aryl methyl sites for hydroxylation is 3. The first kappa shape index (κ1) is 21.8. The van der Waals surface area contributed by atoms with Crippen LogP contribution in [0.4, 0.5) is 5.69 Å². The van der Waals surface area contributed by atoms with Crippen LogP contribution in [0, 0.1) is 20.8 Å². The van der Waals surface area contributed by atoms with E-state index in [4.69, 9.17) is 9.26 Å². The molecule has 4 aromatic rings. The third kappa shape index (κ3) is 5.08. The highest BCUT2D eigenvalue weighted by atomic mass is 79.9. The molecule has 0 unspecified atom stereocenters. The molecule has 0 radical (unpaired) electrons. The Bertz CT molecular complexity index is 1240. The van der Waals surface area contributed by atoms with Crippen molar-refractivity contribution in [3.8, 4) is 5.75 Å². The van der Waals surface area contributed by atoms with Gasteiger partial charge in [-0.1, -0.05) is 39.3 Å². The zero-order valence-corrected chi connectivity index (χ0v) is 19.6. The molecule has 1 N–H and O–H groups in total. The molecule has 7 nitrogen and oxygen atoms in total. The van der Waals surface area contributed by atoms with Gasteiger partial charge in [-0.05, 0) is 61.7 Å². The lowest BCUT2D eigenvalue weighted by atomic mass is 10.1. The number of nitrogens with zero attached hydrogens (tertiary/aromatic N) is 3. The zero-order valence-electron chi connectivity index (χ0n) is 18.1. The van der Waals surface area contributed by atoms with Crippen LogP contribution in [0.25, 0.3) is 0 Å². The maximum absolute atomic E-state index is 12.8. The second-order valence-corrected chi connectivity index (χ2v) is 8.52. The van der Waals surface area contributed by atoms with Crippen LogP contribution in [-0.4, -0.2) is 20.8 Å². The molecular formula is C24H23BrN4O3. The van der Waals surface area contributed by atoms with Gasteiger partial charge in [-0.15, -0.1) is 0 Å². The molecule has 0 atom stereocenters. The number of benzene rings is 2. The van der Waals surface area contributed by atoms with E-state index < -0.39 is 0 Å². The summed E-state index contributed by atoms with van der Waals surface area (Å²) < 4.78 is 13.9. The molecule has 0 saturated carbocycles. The monoisotopic (exact) mass is 494 g/mol. The van der Waals surface area contributed by atoms with Crippen LogP contribution in [0.5, 0.6) is 5.75 Å². The number of amides is 1. The Balaban J connectivity index is 1.42. The van der Waals surface area contributed by atoms with Gasteiger partial charge in [-0.2, -0.15) is 5.10 Å². The van der Waals surface area contributed by atoms with Crippen LogP contribution in [0.2, 0.25) is 0 Å². The summed E-state index contributed by atoms with van der Waals surface area (Å²) >= 11 is 3.43. The molecule has 0 aliphatic carbocycles. The fourth-order valence-electron chi connectivity index (χ4n) is 3.18. The Labute approximate surface area is 194 Å². The van der Waals surface area contributed by atoms with Crippen LogP contribution in [0.3, 0.4) is 0 Å². The maximum atomic E-state index is 12.8. The van der Waals surface area contributed by atoms with Gasteiger partial charge in [-0.3, -0.25) is 9.48 Å². The van der Waals surface area contributed by atoms with Gasteiger partial charge in [0.2, 0.25) is 0 Å². The van der Waals surface area contributed by atoms with Crippen molar-refractivity contribution in [1.82, 2.24) is 14.9 Å². The lowest BCUT2D eigenvalue weighted by molar-refractivity contribution is 0.101. The SMILES string of the molecule is Cc1ccc(OCc2c(C(=O)Nc3cnn(Cc4ccc(Br)cc4)c3)noc2C)cc1C. The number of rotatable bonds is 7. The number of carbonyl (C=O) groups is 1. The van der Waals surface area contributed by atoms with Gasteiger partial charge in [-0.25, -0.2) is 0 Å². The van der Waals surface area contributed by atoms with E-state index >= 15 is 0 Å². The molecule has 8 heteroatoms. The molecule has 32 heavy (non-hydrogen) atoms. The highest BCUT2D eigenvalue weighted by Crippen LogP contribution is 2.21. The third-order valence-electron chi connectivity index (χ3n) is 5.21. The lowest BCUT2D eigenvalue weighted by Crippen LogP contribution is -2.15. The Morgan fingerprint density at radius 2 is 1.91 bits per heavy atom. The van der Waals surface area contributed by atoms with E-state index in [0.29, 0.717) is 23.6 Å². The van der Waals surface area contributed by atoms with E-state index in [1.807, 2.05) is 56.3 Å². The van der Waals surface area contributed by atoms with Crippen LogP contribution in [-0.2, 0) is 13.2 Å². The number of halogens is 1. The van der Waals surface area contributed by atoms with E-state index in [0.717, 1.165) is 21.3 Å². The molecule has 2 heterocycles. The van der Waals surface area contributed by atoms with Gasteiger partial charge >= 0.3 is 0 Å². The highest BCUT2D eigenvalue weighted by Gasteiger charge is 2.21. The van der Waals surface area contributed by atoms with E-state index in [1.165, 1.54) is 5.56 Å². The molecule has 0 bridgehead atoms. The van der Waals surface area contributed by atoms with Crippen molar-refractivity contribution >= 4 is 27.5 Å². The minimum Gasteiger partial charge on any atom is -0.489 e. The first-order valence-electron chi connectivity index (χ1n) is 10.1. The largest absolute Gasteiger partial charge is 0.489 e. The van der Waals surface area contributed by atoms with Crippen LogP contribution < -0.4 is 10.1 Å². The van der Waals surface area contributed by atoms with Gasteiger partial charge in [0.05, 0.1) is 24.0 Å². The normalized spacial score (nSPS) is 10.9. The van der Waals surface area contributed by atoms with Gasteiger partial charge in [0.1, 0.15) is 18.1 Å². The second kappa shape index (κ2) is 9.40. The number of hydrogen-bond acceptors (Lipinski definition) is 5. The molecule has 0 saturated heterocycles. The van der Waals surface area contributed by atoms with Crippen molar-refractivity contribution in [3.05, 3.63) is 93.0 Å². The number of carbonyl (C=O) groups excluding carboxylic acids is 1. The quantitative estimate of drug-likeness (QED) is 0.369. The standard InChI is InChI=1S/C24H23BrN4O3/c1-15-4-9-21(10-16(15)2)31-14-22-17(3)32-28-23(22)24(30)27-20-11-26-29(13-20)12-18-5-7-19(25)8-6-18/h4-11,13H,12,14H2,1-3H3,(H,27,30). The Kier molecular flexibility index (Phi) is 6.41. The smallest absolute Gasteiger partial charge is 0.278 e. The third-order valence-corrected chi connectivity index (χ3v) is 5.74. The average Bonchev–Trinajstić information content (AvgIpc) is 3.36. The van der Waals surface area contributed by atoms with E-state index in [2.05, 4.69) is 31.5 Å². The Morgan fingerprint density at radius 3 is 2.66 bits per heavy atom. The summed E-state index contributed by atoms with van der Waals surface area (Å²) in [5, 5.41) is 11.1. The Hall–Kier alpha value is -3.39. The Morgan fingerprint density at radius 1 is 1.12 bits per heavy atom. The molecule has 2 aromatic carbocycles. The number of ether oxygens (including phenoxy) is 1. The first-order chi connectivity index (χ1) is 15.4. The van der Waals surface area contributed by atoms with Crippen molar-refractivity contribution < 1.29 is 14.1 Å². The summed E-state index contributed by atoms with van der Waals surface area (Å²) in [5.41, 5.74) is 4.83. The number of nitrogens with one attached hydrogen (secondary N) is 1. The fourth-order valence-corrected chi connectivity index (χ4v) is 3.44. The van der Waals surface area contributed by atoms with Gasteiger partial charge < -0.3 is 14.6 Å². The predicted molar refractivity (Wildman–Crippen MR) is 125 cm³/mol. The second-order valence-electron chi connectivity index (χ2n) is 7.61. The van der Waals surface area contributed by atoms with Crippen LogP contribution >= 0.6 is 15.9 Å². The average molecular weight is 495 g/mol. The highest BCUT2D eigenvalue weighted by molar-refractivity contribution is 9.10. The summed E-state index contributed by atoms with van der Waals surface area (Å²) in [6, 6.07) is 13.9. The van der Waals surface area contributed by atoms with Crippen LogP contribution in [0.15, 0.2) is 63.9 Å². The molecule has 0 aliphatic heterocycles. The molecule has 0 fully saturated rings.